The number of fused-ring (bicyclic) bond motifs is 1. The summed E-state index contributed by atoms with van der Waals surface area (Å²) in [5.41, 5.74) is 6.25. The minimum Gasteiger partial charge on any atom is -0.486 e. The molecule has 1 saturated heterocycles. The fourth-order valence-corrected chi connectivity index (χ4v) is 2.91. The molecule has 2 aliphatic rings. The van der Waals surface area contributed by atoms with Crippen LogP contribution in [0.15, 0.2) is 24.3 Å². The summed E-state index contributed by atoms with van der Waals surface area (Å²) >= 11 is 0. The van der Waals surface area contributed by atoms with Crippen molar-refractivity contribution in [3.05, 3.63) is 24.3 Å². The van der Waals surface area contributed by atoms with Gasteiger partial charge in [-0.3, -0.25) is 15.6 Å². The zero-order valence-corrected chi connectivity index (χ0v) is 12.8. The van der Waals surface area contributed by atoms with Crippen molar-refractivity contribution in [3.63, 3.8) is 0 Å². The van der Waals surface area contributed by atoms with Crippen LogP contribution in [0.3, 0.4) is 0 Å². The van der Waals surface area contributed by atoms with Crippen LogP contribution in [-0.2, 0) is 4.79 Å². The van der Waals surface area contributed by atoms with Gasteiger partial charge >= 0.3 is 0 Å². The van der Waals surface area contributed by atoms with E-state index in [-0.39, 0.29) is 24.0 Å². The molecule has 1 fully saturated rings. The van der Waals surface area contributed by atoms with E-state index >= 15 is 0 Å². The van der Waals surface area contributed by atoms with Gasteiger partial charge in [-0.25, -0.2) is 0 Å². The van der Waals surface area contributed by atoms with E-state index in [1.807, 2.05) is 24.3 Å². The first kappa shape index (κ1) is 15.1. The van der Waals surface area contributed by atoms with Crippen LogP contribution in [0, 0.1) is 5.92 Å². The van der Waals surface area contributed by atoms with E-state index < -0.39 is 0 Å². The molecule has 3 atom stereocenters. The number of hydrogen-bond donors (Lipinski definition) is 3. The maximum Gasteiger partial charge on any atom is 0.226 e. The number of para-hydroxylation sites is 2. The van der Waals surface area contributed by atoms with E-state index in [0.29, 0.717) is 19.7 Å². The van der Waals surface area contributed by atoms with Crippen LogP contribution in [0.5, 0.6) is 11.5 Å². The lowest BCUT2D eigenvalue weighted by molar-refractivity contribution is -0.125. The number of hydrogen-bond acceptors (Lipinski definition) is 5. The number of benzene rings is 1. The van der Waals surface area contributed by atoms with Gasteiger partial charge in [0.15, 0.2) is 11.5 Å². The van der Waals surface area contributed by atoms with Crippen LogP contribution < -0.4 is 25.6 Å². The molecule has 3 N–H and O–H groups in total. The number of rotatable bonds is 5. The molecule has 2 heterocycles. The van der Waals surface area contributed by atoms with Crippen molar-refractivity contribution in [1.82, 2.24) is 16.2 Å². The molecule has 6 nitrogen and oxygen atoms in total. The third-order valence-corrected chi connectivity index (χ3v) is 4.10. The van der Waals surface area contributed by atoms with Crippen LogP contribution in [0.4, 0.5) is 0 Å². The third kappa shape index (κ3) is 3.34. The smallest absolute Gasteiger partial charge is 0.226 e. The van der Waals surface area contributed by atoms with E-state index in [4.69, 9.17) is 9.47 Å². The van der Waals surface area contributed by atoms with Crippen molar-refractivity contribution in [2.24, 2.45) is 5.92 Å². The first-order valence-electron chi connectivity index (χ1n) is 7.92. The number of carbonyl (C=O) groups excluding carboxylic acids is 1. The molecule has 0 bridgehead atoms. The molecule has 0 aliphatic carbocycles. The topological polar surface area (TPSA) is 71.6 Å². The lowest BCUT2D eigenvalue weighted by Crippen LogP contribution is -2.45. The van der Waals surface area contributed by atoms with Crippen molar-refractivity contribution in [1.29, 1.82) is 0 Å². The summed E-state index contributed by atoms with van der Waals surface area (Å²) in [6.45, 7) is 3.71. The van der Waals surface area contributed by atoms with E-state index in [0.717, 1.165) is 24.3 Å². The molecule has 0 saturated carbocycles. The molecule has 22 heavy (non-hydrogen) atoms. The molecule has 120 valence electrons. The normalized spacial score (nSPS) is 26.7. The van der Waals surface area contributed by atoms with Crippen LogP contribution in [-0.4, -0.2) is 37.7 Å². The fraction of sp³-hybridized carbons (Fsp3) is 0.562. The molecule has 1 amide bonds. The number of hydrazine groups is 1. The van der Waals surface area contributed by atoms with Crippen molar-refractivity contribution in [3.8, 4) is 11.5 Å². The van der Waals surface area contributed by atoms with Crippen molar-refractivity contribution in [2.75, 3.05) is 19.7 Å². The van der Waals surface area contributed by atoms with E-state index in [1.54, 1.807) is 0 Å². The summed E-state index contributed by atoms with van der Waals surface area (Å²) < 4.78 is 11.5. The highest BCUT2D eigenvalue weighted by Gasteiger charge is 2.32. The highest BCUT2D eigenvalue weighted by atomic mass is 16.6. The van der Waals surface area contributed by atoms with Crippen LogP contribution in [0.1, 0.15) is 19.8 Å². The number of amides is 1. The molecule has 3 unspecified atom stereocenters. The van der Waals surface area contributed by atoms with E-state index in [9.17, 15) is 4.79 Å². The van der Waals surface area contributed by atoms with Gasteiger partial charge in [0.1, 0.15) is 12.7 Å². The Morgan fingerprint density at radius 1 is 1.36 bits per heavy atom. The molecule has 1 aromatic carbocycles. The van der Waals surface area contributed by atoms with Gasteiger partial charge in [-0.1, -0.05) is 25.5 Å². The van der Waals surface area contributed by atoms with Crippen LogP contribution >= 0.6 is 0 Å². The van der Waals surface area contributed by atoms with E-state index in [1.165, 1.54) is 0 Å². The molecule has 3 rings (SSSR count). The first-order valence-corrected chi connectivity index (χ1v) is 7.92. The minimum absolute atomic E-state index is 0.0308. The average molecular weight is 305 g/mol. The molecular weight excluding hydrogens is 282 g/mol. The summed E-state index contributed by atoms with van der Waals surface area (Å²) in [6, 6.07) is 7.79. The van der Waals surface area contributed by atoms with E-state index in [2.05, 4.69) is 23.1 Å². The fourth-order valence-electron chi connectivity index (χ4n) is 2.91. The lowest BCUT2D eigenvalue weighted by atomic mass is 9.97. The summed E-state index contributed by atoms with van der Waals surface area (Å²) in [6.07, 6.45) is 1.90. The van der Waals surface area contributed by atoms with Gasteiger partial charge in [-0.2, -0.15) is 0 Å². The average Bonchev–Trinajstić information content (AvgIpc) is 3.01. The van der Waals surface area contributed by atoms with Gasteiger partial charge in [0, 0.05) is 12.6 Å². The number of nitrogens with one attached hydrogen (secondary N) is 3. The first-order chi connectivity index (χ1) is 10.8. The second-order valence-corrected chi connectivity index (χ2v) is 5.77. The molecule has 0 radical (unpaired) electrons. The summed E-state index contributed by atoms with van der Waals surface area (Å²) in [5.74, 6) is 1.54. The Hall–Kier alpha value is -1.79. The molecule has 0 aromatic heterocycles. The SMILES string of the molecule is CCCC1NNCC1C(=O)NCC1COc2ccccc2O1. The molecule has 2 aliphatic heterocycles. The monoisotopic (exact) mass is 305 g/mol. The van der Waals surface area contributed by atoms with Gasteiger partial charge < -0.3 is 14.8 Å². The van der Waals surface area contributed by atoms with Crippen LogP contribution in [0.25, 0.3) is 0 Å². The Bertz CT molecular complexity index is 523. The van der Waals surface area contributed by atoms with Gasteiger partial charge in [-0.15, -0.1) is 0 Å². The van der Waals surface area contributed by atoms with Gasteiger partial charge in [0.25, 0.3) is 0 Å². The summed E-state index contributed by atoms with van der Waals surface area (Å²) in [7, 11) is 0. The van der Waals surface area contributed by atoms with Crippen molar-refractivity contribution >= 4 is 5.91 Å². The molecule has 1 aromatic rings. The highest BCUT2D eigenvalue weighted by molar-refractivity contribution is 5.80. The Morgan fingerprint density at radius 2 is 2.18 bits per heavy atom. The van der Waals surface area contributed by atoms with Gasteiger partial charge in [0.2, 0.25) is 5.91 Å². The summed E-state index contributed by atoms with van der Waals surface area (Å²) in [5, 5.41) is 2.99. The Balaban J connectivity index is 1.50. The Kier molecular flexibility index (Phi) is 4.80. The second kappa shape index (κ2) is 6.98. The summed E-state index contributed by atoms with van der Waals surface area (Å²) in [4.78, 5) is 12.3. The third-order valence-electron chi connectivity index (χ3n) is 4.10. The van der Waals surface area contributed by atoms with Crippen molar-refractivity contribution in [2.45, 2.75) is 31.9 Å². The molecule has 6 heteroatoms. The Morgan fingerprint density at radius 3 is 3.00 bits per heavy atom. The Labute approximate surface area is 130 Å². The second-order valence-electron chi connectivity index (χ2n) is 5.77. The maximum absolute atomic E-state index is 12.3. The lowest BCUT2D eigenvalue weighted by Gasteiger charge is -2.27. The van der Waals surface area contributed by atoms with Gasteiger partial charge in [0.05, 0.1) is 12.5 Å². The van der Waals surface area contributed by atoms with Crippen molar-refractivity contribution < 1.29 is 14.3 Å². The highest BCUT2D eigenvalue weighted by Crippen LogP contribution is 2.30. The van der Waals surface area contributed by atoms with Crippen LogP contribution in [0.2, 0.25) is 0 Å². The maximum atomic E-state index is 12.3. The quantitative estimate of drug-likeness (QED) is 0.752. The zero-order valence-electron chi connectivity index (χ0n) is 12.8. The predicted molar refractivity (Wildman–Crippen MR) is 82.7 cm³/mol. The minimum atomic E-state index is -0.147. The number of carbonyl (C=O) groups is 1. The largest absolute Gasteiger partial charge is 0.486 e. The standard InChI is InChI=1S/C16H23N3O3/c1-2-5-13-12(9-18-19-13)16(20)17-8-11-10-21-14-6-3-4-7-15(14)22-11/h3-4,6-7,11-13,18-19H,2,5,8-10H2,1H3,(H,17,20). The predicted octanol–water partition coefficient (Wildman–Crippen LogP) is 0.835. The number of ether oxygens (including phenoxy) is 2. The molecular formula is C16H23N3O3. The molecule has 0 spiro atoms. The van der Waals surface area contributed by atoms with Gasteiger partial charge in [-0.05, 0) is 18.6 Å². The zero-order chi connectivity index (χ0) is 15.4.